The molecule has 2 aromatic rings. The van der Waals surface area contributed by atoms with Gasteiger partial charge in [-0.05, 0) is 11.6 Å². The van der Waals surface area contributed by atoms with E-state index in [9.17, 15) is 4.79 Å². The molecule has 0 spiro atoms. The van der Waals surface area contributed by atoms with Crippen molar-refractivity contribution in [2.24, 2.45) is 5.73 Å². The van der Waals surface area contributed by atoms with Gasteiger partial charge in [0.25, 0.3) is 5.56 Å². The molecule has 0 saturated carbocycles. The van der Waals surface area contributed by atoms with Crippen LogP contribution in [0.15, 0.2) is 35.5 Å². The topological polar surface area (TPSA) is 91.1 Å². The molecule has 0 atom stereocenters. The van der Waals surface area contributed by atoms with E-state index in [1.54, 1.807) is 0 Å². The Morgan fingerprint density at radius 1 is 1.10 bits per heavy atom. The van der Waals surface area contributed by atoms with Gasteiger partial charge in [-0.25, -0.2) is 9.97 Å². The molecule has 21 heavy (non-hydrogen) atoms. The second-order valence-electron chi connectivity index (χ2n) is 4.97. The van der Waals surface area contributed by atoms with E-state index in [-0.39, 0.29) is 5.56 Å². The quantitative estimate of drug-likeness (QED) is 0.822. The minimum Gasteiger partial charge on any atom is -0.353 e. The van der Waals surface area contributed by atoms with Gasteiger partial charge in [0, 0.05) is 45.0 Å². The molecule has 110 valence electrons. The maximum Gasteiger partial charge on any atom is 0.252 e. The van der Waals surface area contributed by atoms with Crippen molar-refractivity contribution in [2.75, 3.05) is 36.0 Å². The Balaban J connectivity index is 1.65. The lowest BCUT2D eigenvalue weighted by Gasteiger charge is -2.35. The van der Waals surface area contributed by atoms with E-state index < -0.39 is 0 Å². The largest absolute Gasteiger partial charge is 0.353 e. The Morgan fingerprint density at radius 3 is 2.38 bits per heavy atom. The molecule has 1 fully saturated rings. The number of piperazine rings is 1. The van der Waals surface area contributed by atoms with Crippen molar-refractivity contribution >= 4 is 11.6 Å². The molecule has 0 aliphatic carbocycles. The van der Waals surface area contributed by atoms with Gasteiger partial charge in [-0.2, -0.15) is 0 Å². The molecule has 1 aliphatic heterocycles. The van der Waals surface area contributed by atoms with Crippen molar-refractivity contribution < 1.29 is 0 Å². The summed E-state index contributed by atoms with van der Waals surface area (Å²) in [7, 11) is 0. The molecule has 7 nitrogen and oxygen atoms in total. The number of aromatic nitrogens is 3. The molecule has 3 N–H and O–H groups in total. The van der Waals surface area contributed by atoms with E-state index in [0.29, 0.717) is 6.54 Å². The van der Waals surface area contributed by atoms with Crippen molar-refractivity contribution in [1.82, 2.24) is 15.0 Å². The second-order valence-corrected chi connectivity index (χ2v) is 4.97. The molecule has 1 saturated heterocycles. The molecular formula is C14H18N6O. The fourth-order valence-corrected chi connectivity index (χ4v) is 2.42. The maximum atomic E-state index is 11.3. The summed E-state index contributed by atoms with van der Waals surface area (Å²) in [6.45, 7) is 3.84. The molecule has 2 aromatic heterocycles. The van der Waals surface area contributed by atoms with Crippen LogP contribution in [0.25, 0.3) is 0 Å². The van der Waals surface area contributed by atoms with Gasteiger partial charge in [0.2, 0.25) is 0 Å². The number of hydrogen-bond donors (Lipinski definition) is 2. The monoisotopic (exact) mass is 286 g/mol. The minimum atomic E-state index is -0.124. The molecule has 3 heterocycles. The number of rotatable bonds is 3. The first-order valence-corrected chi connectivity index (χ1v) is 6.96. The number of nitrogens with one attached hydrogen (secondary N) is 1. The van der Waals surface area contributed by atoms with Crippen LogP contribution < -0.4 is 21.1 Å². The Hall–Kier alpha value is -2.41. The van der Waals surface area contributed by atoms with Crippen molar-refractivity contribution in [3.8, 4) is 0 Å². The van der Waals surface area contributed by atoms with Gasteiger partial charge in [0.1, 0.15) is 11.6 Å². The third kappa shape index (κ3) is 3.03. The Morgan fingerprint density at radius 2 is 1.81 bits per heavy atom. The summed E-state index contributed by atoms with van der Waals surface area (Å²) >= 11 is 0. The molecule has 1 aliphatic rings. The number of H-pyrrole nitrogens is 1. The van der Waals surface area contributed by atoms with Gasteiger partial charge in [0.05, 0.1) is 6.33 Å². The van der Waals surface area contributed by atoms with Gasteiger partial charge in [-0.15, -0.1) is 0 Å². The van der Waals surface area contributed by atoms with Gasteiger partial charge < -0.3 is 20.5 Å². The normalized spacial score (nSPS) is 15.3. The highest BCUT2D eigenvalue weighted by atomic mass is 16.1. The summed E-state index contributed by atoms with van der Waals surface area (Å²) in [4.78, 5) is 26.8. The predicted molar refractivity (Wildman–Crippen MR) is 81.4 cm³/mol. The van der Waals surface area contributed by atoms with Gasteiger partial charge in [-0.3, -0.25) is 4.79 Å². The zero-order valence-electron chi connectivity index (χ0n) is 11.7. The highest BCUT2D eigenvalue weighted by molar-refractivity contribution is 5.44. The van der Waals surface area contributed by atoms with Gasteiger partial charge in [-0.1, -0.05) is 6.07 Å². The molecule has 0 aromatic carbocycles. The number of aromatic amines is 1. The Labute approximate surface area is 122 Å². The lowest BCUT2D eigenvalue weighted by molar-refractivity contribution is 0.640. The number of pyridine rings is 1. The number of nitrogens with two attached hydrogens (primary N) is 1. The molecule has 3 rings (SSSR count). The zero-order chi connectivity index (χ0) is 14.7. The average Bonchev–Trinajstić information content (AvgIpc) is 2.55. The standard InChI is InChI=1S/C14H18N6O/c15-8-11-1-2-12(16-9-11)19-3-5-20(6-4-19)13-7-14(21)18-10-17-13/h1-2,7,9-10H,3-6,8,15H2,(H,17,18,21). The van der Waals surface area contributed by atoms with Crippen LogP contribution in [0, 0.1) is 0 Å². The molecular weight excluding hydrogens is 268 g/mol. The highest BCUT2D eigenvalue weighted by Gasteiger charge is 2.19. The predicted octanol–water partition coefficient (Wildman–Crippen LogP) is -0.0498. The Kier molecular flexibility index (Phi) is 3.83. The SMILES string of the molecule is NCc1ccc(N2CCN(c3cc(=O)[nH]cn3)CC2)nc1. The maximum absolute atomic E-state index is 11.3. The molecule has 7 heteroatoms. The van der Waals surface area contributed by atoms with Crippen LogP contribution in [0.3, 0.4) is 0 Å². The number of nitrogens with zero attached hydrogens (tertiary/aromatic N) is 4. The van der Waals surface area contributed by atoms with Crippen molar-refractivity contribution in [1.29, 1.82) is 0 Å². The van der Waals surface area contributed by atoms with E-state index in [1.165, 1.54) is 12.4 Å². The highest BCUT2D eigenvalue weighted by Crippen LogP contribution is 2.16. The van der Waals surface area contributed by atoms with Crippen LogP contribution in [0.1, 0.15) is 5.56 Å². The lowest BCUT2D eigenvalue weighted by atomic mass is 10.2. The third-order valence-electron chi connectivity index (χ3n) is 3.64. The van der Waals surface area contributed by atoms with E-state index in [0.717, 1.165) is 43.4 Å². The fourth-order valence-electron chi connectivity index (χ4n) is 2.42. The first kappa shape index (κ1) is 13.6. The first-order valence-electron chi connectivity index (χ1n) is 6.96. The summed E-state index contributed by atoms with van der Waals surface area (Å²) in [6.07, 6.45) is 3.26. The van der Waals surface area contributed by atoms with Crippen LogP contribution in [-0.2, 0) is 6.54 Å². The van der Waals surface area contributed by atoms with Crippen molar-refractivity contribution in [3.05, 3.63) is 46.6 Å². The summed E-state index contributed by atoms with van der Waals surface area (Å²) in [5.74, 6) is 1.69. The van der Waals surface area contributed by atoms with Crippen molar-refractivity contribution in [2.45, 2.75) is 6.54 Å². The average molecular weight is 286 g/mol. The summed E-state index contributed by atoms with van der Waals surface area (Å²) in [5.41, 5.74) is 6.49. The first-order chi connectivity index (χ1) is 10.3. The van der Waals surface area contributed by atoms with E-state index in [1.807, 2.05) is 18.3 Å². The van der Waals surface area contributed by atoms with Crippen LogP contribution in [-0.4, -0.2) is 41.1 Å². The molecule has 0 radical (unpaired) electrons. The van der Waals surface area contributed by atoms with Crippen LogP contribution in [0.4, 0.5) is 11.6 Å². The van der Waals surface area contributed by atoms with Crippen LogP contribution in [0.5, 0.6) is 0 Å². The fraction of sp³-hybridized carbons (Fsp3) is 0.357. The molecule has 0 bridgehead atoms. The Bertz CT molecular complexity index is 645. The minimum absolute atomic E-state index is 0.124. The number of hydrogen-bond acceptors (Lipinski definition) is 6. The van der Waals surface area contributed by atoms with Gasteiger partial charge in [0.15, 0.2) is 0 Å². The summed E-state index contributed by atoms with van der Waals surface area (Å²) in [6, 6.07) is 5.54. The molecule has 0 unspecified atom stereocenters. The van der Waals surface area contributed by atoms with E-state index in [4.69, 9.17) is 5.73 Å². The smallest absolute Gasteiger partial charge is 0.252 e. The zero-order valence-corrected chi connectivity index (χ0v) is 11.7. The molecule has 0 amide bonds. The second kappa shape index (κ2) is 5.92. The summed E-state index contributed by atoms with van der Waals surface area (Å²) < 4.78 is 0. The number of anilines is 2. The van der Waals surface area contributed by atoms with E-state index in [2.05, 4.69) is 24.8 Å². The van der Waals surface area contributed by atoms with E-state index >= 15 is 0 Å². The van der Waals surface area contributed by atoms with Crippen molar-refractivity contribution in [3.63, 3.8) is 0 Å². The third-order valence-corrected chi connectivity index (χ3v) is 3.64. The van der Waals surface area contributed by atoms with Gasteiger partial charge >= 0.3 is 0 Å². The lowest BCUT2D eigenvalue weighted by Crippen LogP contribution is -2.47. The summed E-state index contributed by atoms with van der Waals surface area (Å²) in [5, 5.41) is 0. The van der Waals surface area contributed by atoms with Crippen LogP contribution in [0.2, 0.25) is 0 Å². The van der Waals surface area contributed by atoms with Crippen LogP contribution >= 0.6 is 0 Å².